The molecule has 26 heavy (non-hydrogen) atoms. The van der Waals surface area contributed by atoms with Gasteiger partial charge in [-0.25, -0.2) is 8.42 Å². The number of methoxy groups -OCH3 is 1. The van der Waals surface area contributed by atoms with Gasteiger partial charge in [-0.3, -0.25) is 9.59 Å². The third-order valence-corrected chi connectivity index (χ3v) is 5.63. The summed E-state index contributed by atoms with van der Waals surface area (Å²) in [6.45, 7) is 0.129. The van der Waals surface area contributed by atoms with Gasteiger partial charge in [-0.2, -0.15) is 0 Å². The molecular weight excluding hydrogens is 360 g/mol. The van der Waals surface area contributed by atoms with Crippen molar-refractivity contribution in [3.8, 4) is 0 Å². The van der Waals surface area contributed by atoms with Gasteiger partial charge in [-0.05, 0) is 24.3 Å². The van der Waals surface area contributed by atoms with Gasteiger partial charge < -0.3 is 19.8 Å². The molecule has 0 fully saturated rings. The van der Waals surface area contributed by atoms with Crippen LogP contribution < -0.4 is 10.6 Å². The molecule has 2 rings (SSSR count). The van der Waals surface area contributed by atoms with E-state index >= 15 is 0 Å². The van der Waals surface area contributed by atoms with Crippen molar-refractivity contribution >= 4 is 21.7 Å². The largest absolute Gasteiger partial charge is 0.468 e. The predicted octanol–water partition coefficient (Wildman–Crippen LogP) is 0.673. The highest BCUT2D eigenvalue weighted by atomic mass is 32.2. The number of sulfone groups is 1. The Labute approximate surface area is 151 Å². The Bertz CT molecular complexity index is 818. The summed E-state index contributed by atoms with van der Waals surface area (Å²) in [5.74, 6) is -1.62. The molecule has 0 unspecified atom stereocenters. The Hall–Kier alpha value is -2.65. The fourth-order valence-corrected chi connectivity index (χ4v) is 3.83. The van der Waals surface area contributed by atoms with E-state index in [1.54, 1.807) is 24.3 Å². The summed E-state index contributed by atoms with van der Waals surface area (Å²) in [5, 5.41) is 3.55. The lowest BCUT2D eigenvalue weighted by atomic mass is 10.3. The van der Waals surface area contributed by atoms with Crippen LogP contribution in [0.5, 0.6) is 0 Å². The topological polar surface area (TPSA) is 115 Å². The number of ether oxygens (including phenoxy) is 1. The first-order valence-electron chi connectivity index (χ1n) is 7.84. The molecule has 1 heterocycles. The summed E-state index contributed by atoms with van der Waals surface area (Å²) in [5.41, 5.74) is 0. The van der Waals surface area contributed by atoms with Crippen molar-refractivity contribution in [2.75, 3.05) is 26.8 Å². The molecule has 1 aromatic heterocycles. The molecule has 2 amide bonds. The highest BCUT2D eigenvalue weighted by molar-refractivity contribution is 7.91. The minimum atomic E-state index is -3.83. The van der Waals surface area contributed by atoms with Gasteiger partial charge in [0.25, 0.3) is 0 Å². The van der Waals surface area contributed by atoms with Gasteiger partial charge in [-0.15, -0.1) is 0 Å². The number of benzene rings is 1. The molecule has 0 spiro atoms. The highest BCUT2D eigenvalue weighted by Crippen LogP contribution is 2.28. The first kappa shape index (κ1) is 19.7. The zero-order valence-corrected chi connectivity index (χ0v) is 15.0. The third kappa shape index (κ3) is 4.93. The summed E-state index contributed by atoms with van der Waals surface area (Å²) in [6, 6.07) is 10.9. The zero-order chi connectivity index (χ0) is 19.0. The highest BCUT2D eigenvalue weighted by Gasteiger charge is 2.32. The molecular formula is C17H20N2O6S. The molecule has 0 aliphatic carbocycles. The van der Waals surface area contributed by atoms with Gasteiger partial charge in [0.05, 0.1) is 17.8 Å². The second kappa shape index (κ2) is 9.16. The number of hydrogen-bond acceptors (Lipinski definition) is 6. The number of nitrogens with one attached hydrogen (secondary N) is 2. The van der Waals surface area contributed by atoms with E-state index in [-0.39, 0.29) is 30.4 Å². The molecule has 0 saturated heterocycles. The van der Waals surface area contributed by atoms with Gasteiger partial charge in [0.15, 0.2) is 9.84 Å². The maximum Gasteiger partial charge on any atom is 0.309 e. The number of carbonyl (C=O) groups is 2. The number of amides is 2. The van der Waals surface area contributed by atoms with Crippen LogP contribution in [0.2, 0.25) is 0 Å². The van der Waals surface area contributed by atoms with E-state index < -0.39 is 26.9 Å². The van der Waals surface area contributed by atoms with Crippen molar-refractivity contribution in [1.29, 1.82) is 0 Å². The average molecular weight is 380 g/mol. The van der Waals surface area contributed by atoms with Crippen LogP contribution in [0.4, 0.5) is 0 Å². The van der Waals surface area contributed by atoms with Crippen LogP contribution in [0.3, 0.4) is 0 Å². The fourth-order valence-electron chi connectivity index (χ4n) is 2.22. The van der Waals surface area contributed by atoms with Gasteiger partial charge >= 0.3 is 11.8 Å². The second-order valence-corrected chi connectivity index (χ2v) is 7.45. The van der Waals surface area contributed by atoms with Crippen molar-refractivity contribution in [1.82, 2.24) is 10.6 Å². The Morgan fingerprint density at radius 2 is 1.77 bits per heavy atom. The van der Waals surface area contributed by atoms with Gasteiger partial charge in [-0.1, -0.05) is 18.2 Å². The first-order valence-corrected chi connectivity index (χ1v) is 9.38. The summed E-state index contributed by atoms with van der Waals surface area (Å²) in [4.78, 5) is 23.7. The normalized spacial score (nSPS) is 12.3. The number of furan rings is 1. The Morgan fingerprint density at radius 1 is 1.08 bits per heavy atom. The molecule has 0 aliphatic heterocycles. The lowest BCUT2D eigenvalue weighted by molar-refractivity contribution is -0.139. The second-order valence-electron chi connectivity index (χ2n) is 5.32. The number of hydrogen-bond donors (Lipinski definition) is 2. The van der Waals surface area contributed by atoms with Crippen molar-refractivity contribution in [3.05, 3.63) is 54.5 Å². The Balaban J connectivity index is 2.12. The smallest absolute Gasteiger partial charge is 0.309 e. The minimum absolute atomic E-state index is 0.0974. The van der Waals surface area contributed by atoms with Crippen LogP contribution in [-0.2, 0) is 24.2 Å². The molecule has 0 saturated carbocycles. The van der Waals surface area contributed by atoms with Crippen molar-refractivity contribution < 1.29 is 27.2 Å². The average Bonchev–Trinajstić information content (AvgIpc) is 3.16. The summed E-state index contributed by atoms with van der Waals surface area (Å²) < 4.78 is 35.8. The molecule has 2 N–H and O–H groups in total. The van der Waals surface area contributed by atoms with Crippen LogP contribution in [0, 0.1) is 0 Å². The third-order valence-electron chi connectivity index (χ3n) is 3.55. The maximum atomic E-state index is 12.9. The van der Waals surface area contributed by atoms with E-state index in [0.29, 0.717) is 0 Å². The Morgan fingerprint density at radius 3 is 2.38 bits per heavy atom. The SMILES string of the molecule is COCCNC(=O)C(=O)NC[C@@H](c1ccco1)S(=O)(=O)c1ccccc1. The van der Waals surface area contributed by atoms with Crippen molar-refractivity contribution in [2.45, 2.75) is 10.1 Å². The van der Waals surface area contributed by atoms with E-state index in [0.717, 1.165) is 0 Å². The van der Waals surface area contributed by atoms with E-state index in [1.807, 2.05) is 0 Å². The molecule has 9 heteroatoms. The maximum absolute atomic E-state index is 12.9. The minimum Gasteiger partial charge on any atom is -0.468 e. The standard InChI is InChI=1S/C17H20N2O6S/c1-24-11-9-18-16(20)17(21)19-12-15(14-8-5-10-25-14)26(22,23)13-6-3-2-4-7-13/h2-8,10,15H,9,11-12H2,1H3,(H,18,20)(H,19,21)/t15-/m0/s1. The molecule has 0 bridgehead atoms. The summed E-state index contributed by atoms with van der Waals surface area (Å²) in [6.07, 6.45) is 1.35. The van der Waals surface area contributed by atoms with E-state index in [9.17, 15) is 18.0 Å². The number of rotatable bonds is 8. The van der Waals surface area contributed by atoms with Crippen LogP contribution in [0.25, 0.3) is 0 Å². The molecule has 2 aromatic rings. The van der Waals surface area contributed by atoms with Crippen LogP contribution in [0.1, 0.15) is 11.0 Å². The van der Waals surface area contributed by atoms with E-state index in [2.05, 4.69) is 10.6 Å². The zero-order valence-electron chi connectivity index (χ0n) is 14.2. The first-order chi connectivity index (χ1) is 12.5. The molecule has 0 aliphatic rings. The quantitative estimate of drug-likeness (QED) is 0.514. The molecule has 0 radical (unpaired) electrons. The molecule has 1 atom stereocenters. The summed E-state index contributed by atoms with van der Waals surface area (Å²) in [7, 11) is -2.36. The fraction of sp³-hybridized carbons (Fsp3) is 0.294. The van der Waals surface area contributed by atoms with Gasteiger partial charge in [0, 0.05) is 20.2 Å². The van der Waals surface area contributed by atoms with Crippen molar-refractivity contribution in [3.63, 3.8) is 0 Å². The van der Waals surface area contributed by atoms with Crippen LogP contribution in [-0.4, -0.2) is 47.0 Å². The molecule has 8 nitrogen and oxygen atoms in total. The molecule has 140 valence electrons. The lowest BCUT2D eigenvalue weighted by Crippen LogP contribution is -2.43. The van der Waals surface area contributed by atoms with Crippen molar-refractivity contribution in [2.24, 2.45) is 0 Å². The van der Waals surface area contributed by atoms with E-state index in [4.69, 9.17) is 9.15 Å². The monoisotopic (exact) mass is 380 g/mol. The summed E-state index contributed by atoms with van der Waals surface area (Å²) >= 11 is 0. The van der Waals surface area contributed by atoms with Gasteiger partial charge in [0.2, 0.25) is 0 Å². The van der Waals surface area contributed by atoms with Crippen LogP contribution >= 0.6 is 0 Å². The van der Waals surface area contributed by atoms with E-state index in [1.165, 1.54) is 31.6 Å². The van der Waals surface area contributed by atoms with Gasteiger partial charge in [0.1, 0.15) is 11.0 Å². The van der Waals surface area contributed by atoms with Crippen LogP contribution in [0.15, 0.2) is 58.0 Å². The lowest BCUT2D eigenvalue weighted by Gasteiger charge is -2.16. The Kier molecular flexibility index (Phi) is 6.93. The predicted molar refractivity (Wildman–Crippen MR) is 93.0 cm³/mol. The number of carbonyl (C=O) groups excluding carboxylic acids is 2. The molecule has 1 aromatic carbocycles.